The van der Waals surface area contributed by atoms with Gasteiger partial charge in [0.25, 0.3) is 0 Å². The fourth-order valence-corrected chi connectivity index (χ4v) is 3.10. The zero-order valence-corrected chi connectivity index (χ0v) is 18.2. The lowest BCUT2D eigenvalue weighted by molar-refractivity contribution is -0.176. The van der Waals surface area contributed by atoms with Crippen LogP contribution in [-0.2, 0) is 19.1 Å². The molecule has 0 aliphatic carbocycles. The Kier molecular flexibility index (Phi) is 15.4. The van der Waals surface area contributed by atoms with Gasteiger partial charge in [0.15, 0.2) is 5.60 Å². The molecule has 2 atom stereocenters. The van der Waals surface area contributed by atoms with Crippen molar-refractivity contribution in [2.24, 2.45) is 5.92 Å². The van der Waals surface area contributed by atoms with Crippen LogP contribution in [0.25, 0.3) is 0 Å². The van der Waals surface area contributed by atoms with Crippen molar-refractivity contribution in [2.45, 2.75) is 90.1 Å². The van der Waals surface area contributed by atoms with Crippen LogP contribution < -0.4 is 0 Å². The summed E-state index contributed by atoms with van der Waals surface area (Å²) in [6.07, 6.45) is 20.2. The van der Waals surface area contributed by atoms with Gasteiger partial charge in [0, 0.05) is 0 Å². The molecule has 5 nitrogen and oxygen atoms in total. The van der Waals surface area contributed by atoms with Crippen molar-refractivity contribution in [3.8, 4) is 0 Å². The van der Waals surface area contributed by atoms with Crippen molar-refractivity contribution in [3.63, 3.8) is 0 Å². The molecular formula is C23H40O5. The molecule has 0 saturated heterocycles. The second-order valence-electron chi connectivity index (χ2n) is 7.38. The average molecular weight is 397 g/mol. The van der Waals surface area contributed by atoms with Crippen LogP contribution in [0.15, 0.2) is 24.3 Å². The van der Waals surface area contributed by atoms with Gasteiger partial charge in [-0.1, -0.05) is 63.3 Å². The summed E-state index contributed by atoms with van der Waals surface area (Å²) in [6, 6.07) is 0. The SMILES string of the molecule is CCCCC/C=C\C/C=C\CCCCCC[C@H](C(=O)OC)[C@@](C)(O)C(=O)OC. The van der Waals surface area contributed by atoms with Crippen LogP contribution in [0.5, 0.6) is 0 Å². The summed E-state index contributed by atoms with van der Waals surface area (Å²) < 4.78 is 9.35. The Morgan fingerprint density at radius 3 is 2.00 bits per heavy atom. The van der Waals surface area contributed by atoms with Gasteiger partial charge in [-0.2, -0.15) is 0 Å². The number of unbranched alkanes of at least 4 members (excludes halogenated alkanes) is 7. The van der Waals surface area contributed by atoms with E-state index in [-0.39, 0.29) is 0 Å². The van der Waals surface area contributed by atoms with E-state index in [1.807, 2.05) is 0 Å². The Morgan fingerprint density at radius 1 is 0.893 bits per heavy atom. The maximum atomic E-state index is 11.9. The molecule has 0 radical (unpaired) electrons. The molecule has 0 aliphatic heterocycles. The predicted octanol–water partition coefficient (Wildman–Crippen LogP) is 5.12. The van der Waals surface area contributed by atoms with Crippen molar-refractivity contribution in [1.82, 2.24) is 0 Å². The van der Waals surface area contributed by atoms with Crippen LogP contribution in [0.4, 0.5) is 0 Å². The number of hydrogen-bond donors (Lipinski definition) is 1. The lowest BCUT2D eigenvalue weighted by Gasteiger charge is -2.28. The molecule has 0 bridgehead atoms. The van der Waals surface area contributed by atoms with E-state index < -0.39 is 23.5 Å². The van der Waals surface area contributed by atoms with Crippen molar-refractivity contribution in [3.05, 3.63) is 24.3 Å². The minimum absolute atomic E-state index is 0.396. The third-order valence-corrected chi connectivity index (χ3v) is 4.96. The van der Waals surface area contributed by atoms with Crippen LogP contribution in [0.1, 0.15) is 84.5 Å². The quantitative estimate of drug-likeness (QED) is 0.223. The summed E-state index contributed by atoms with van der Waals surface area (Å²) in [5, 5.41) is 10.4. The predicted molar refractivity (Wildman–Crippen MR) is 113 cm³/mol. The number of carbonyl (C=O) groups excluding carboxylic acids is 2. The topological polar surface area (TPSA) is 72.8 Å². The van der Waals surface area contributed by atoms with Crippen molar-refractivity contribution >= 4 is 11.9 Å². The van der Waals surface area contributed by atoms with Gasteiger partial charge in [-0.3, -0.25) is 4.79 Å². The molecule has 5 heteroatoms. The normalized spacial score (nSPS) is 14.9. The zero-order valence-electron chi connectivity index (χ0n) is 18.2. The van der Waals surface area contributed by atoms with Gasteiger partial charge in [0.05, 0.1) is 20.1 Å². The maximum absolute atomic E-state index is 11.9. The Bertz CT molecular complexity index is 479. The number of hydrogen-bond acceptors (Lipinski definition) is 5. The smallest absolute Gasteiger partial charge is 0.338 e. The number of aliphatic hydroxyl groups is 1. The first-order valence-electron chi connectivity index (χ1n) is 10.6. The Hall–Kier alpha value is -1.62. The van der Waals surface area contributed by atoms with Crippen LogP contribution in [-0.4, -0.2) is 36.9 Å². The molecule has 0 fully saturated rings. The zero-order chi connectivity index (χ0) is 21.3. The first kappa shape index (κ1) is 26.4. The fourth-order valence-electron chi connectivity index (χ4n) is 3.10. The lowest BCUT2D eigenvalue weighted by Crippen LogP contribution is -2.47. The third-order valence-electron chi connectivity index (χ3n) is 4.96. The first-order chi connectivity index (χ1) is 13.4. The molecule has 0 aromatic rings. The minimum atomic E-state index is -1.87. The minimum Gasteiger partial charge on any atom is -0.469 e. The molecule has 28 heavy (non-hydrogen) atoms. The van der Waals surface area contributed by atoms with E-state index in [2.05, 4.69) is 36.0 Å². The van der Waals surface area contributed by atoms with E-state index in [1.54, 1.807) is 0 Å². The molecule has 0 spiro atoms. The van der Waals surface area contributed by atoms with Gasteiger partial charge < -0.3 is 14.6 Å². The summed E-state index contributed by atoms with van der Waals surface area (Å²) in [6.45, 7) is 3.53. The third kappa shape index (κ3) is 11.3. The molecule has 0 saturated carbocycles. The molecular weight excluding hydrogens is 356 g/mol. The Balaban J connectivity index is 3.99. The van der Waals surface area contributed by atoms with Crippen LogP contribution in [0, 0.1) is 5.92 Å². The molecule has 0 amide bonds. The molecule has 0 aliphatic rings. The first-order valence-corrected chi connectivity index (χ1v) is 10.6. The molecule has 0 unspecified atom stereocenters. The highest BCUT2D eigenvalue weighted by Gasteiger charge is 2.45. The largest absolute Gasteiger partial charge is 0.469 e. The summed E-state index contributed by atoms with van der Waals surface area (Å²) in [4.78, 5) is 23.7. The summed E-state index contributed by atoms with van der Waals surface area (Å²) in [5.41, 5.74) is -1.87. The average Bonchev–Trinajstić information content (AvgIpc) is 2.69. The molecule has 0 heterocycles. The van der Waals surface area contributed by atoms with Gasteiger partial charge in [-0.25, -0.2) is 4.79 Å². The van der Waals surface area contributed by atoms with Crippen molar-refractivity contribution in [2.75, 3.05) is 14.2 Å². The van der Waals surface area contributed by atoms with Gasteiger partial charge >= 0.3 is 11.9 Å². The van der Waals surface area contributed by atoms with Gasteiger partial charge in [-0.05, 0) is 45.4 Å². The molecule has 1 N–H and O–H groups in total. The molecule has 162 valence electrons. The monoisotopic (exact) mass is 396 g/mol. The summed E-state index contributed by atoms with van der Waals surface area (Å²) in [7, 11) is 2.45. The number of rotatable bonds is 16. The number of carbonyl (C=O) groups is 2. The summed E-state index contributed by atoms with van der Waals surface area (Å²) >= 11 is 0. The van der Waals surface area contributed by atoms with Gasteiger partial charge in [0.2, 0.25) is 0 Å². The van der Waals surface area contributed by atoms with E-state index in [9.17, 15) is 14.7 Å². The van der Waals surface area contributed by atoms with Gasteiger partial charge in [-0.15, -0.1) is 0 Å². The number of methoxy groups -OCH3 is 2. The van der Waals surface area contributed by atoms with Crippen LogP contribution >= 0.6 is 0 Å². The Morgan fingerprint density at radius 2 is 1.46 bits per heavy atom. The maximum Gasteiger partial charge on any atom is 0.338 e. The van der Waals surface area contributed by atoms with Crippen molar-refractivity contribution < 1.29 is 24.2 Å². The molecule has 0 aromatic carbocycles. The van der Waals surface area contributed by atoms with E-state index in [1.165, 1.54) is 46.8 Å². The van der Waals surface area contributed by atoms with Crippen molar-refractivity contribution in [1.29, 1.82) is 0 Å². The van der Waals surface area contributed by atoms with E-state index in [0.29, 0.717) is 6.42 Å². The standard InChI is InChI=1S/C23H40O5/c1-5-6-7-8-9-10-11-12-13-14-15-16-17-18-19-20(21(24)27-3)23(2,26)22(25)28-4/h9-10,12-13,20,26H,5-8,11,14-19H2,1-4H3/b10-9-,13-12-/t20-,23-/m1/s1. The van der Waals surface area contributed by atoms with E-state index in [4.69, 9.17) is 4.74 Å². The number of allylic oxidation sites excluding steroid dienone is 4. The highest BCUT2D eigenvalue weighted by atomic mass is 16.5. The highest BCUT2D eigenvalue weighted by molar-refractivity contribution is 5.87. The summed E-state index contributed by atoms with van der Waals surface area (Å²) in [5.74, 6) is -2.30. The van der Waals surface area contributed by atoms with Crippen LogP contribution in [0.2, 0.25) is 0 Å². The second-order valence-corrected chi connectivity index (χ2v) is 7.38. The number of ether oxygens (including phenoxy) is 2. The Labute approximate surface area is 171 Å². The second kappa shape index (κ2) is 16.3. The van der Waals surface area contributed by atoms with E-state index >= 15 is 0 Å². The fraction of sp³-hybridized carbons (Fsp3) is 0.739. The molecule has 0 rings (SSSR count). The van der Waals surface area contributed by atoms with E-state index in [0.717, 1.165) is 38.5 Å². The lowest BCUT2D eigenvalue weighted by atomic mass is 9.84. The highest BCUT2D eigenvalue weighted by Crippen LogP contribution is 2.26. The molecule has 0 aromatic heterocycles. The number of esters is 2. The van der Waals surface area contributed by atoms with Gasteiger partial charge in [0.1, 0.15) is 0 Å². The van der Waals surface area contributed by atoms with Crippen LogP contribution in [0.3, 0.4) is 0 Å².